The Morgan fingerprint density at radius 3 is 2.62 bits per heavy atom. The summed E-state index contributed by atoms with van der Waals surface area (Å²) in [5.74, 6) is 0.645. The van der Waals surface area contributed by atoms with Crippen molar-refractivity contribution in [2.75, 3.05) is 31.2 Å². The SMILES string of the molecule is COc1cc(NCCCNC(=O)OC(C)(C)C)ccc1N. The molecule has 0 aliphatic carbocycles. The summed E-state index contributed by atoms with van der Waals surface area (Å²) >= 11 is 0. The molecule has 0 spiro atoms. The number of ether oxygens (including phenoxy) is 2. The molecule has 1 rings (SSSR count). The fourth-order valence-electron chi connectivity index (χ4n) is 1.65. The van der Waals surface area contributed by atoms with Gasteiger partial charge >= 0.3 is 6.09 Å². The van der Waals surface area contributed by atoms with Crippen LogP contribution in [0.1, 0.15) is 27.2 Å². The smallest absolute Gasteiger partial charge is 0.407 e. The summed E-state index contributed by atoms with van der Waals surface area (Å²) in [6, 6.07) is 5.52. The second-order valence-corrected chi connectivity index (χ2v) is 5.67. The zero-order valence-electron chi connectivity index (χ0n) is 13.2. The third-order valence-electron chi connectivity index (χ3n) is 2.58. The maximum atomic E-state index is 11.4. The van der Waals surface area contributed by atoms with Crippen molar-refractivity contribution in [1.82, 2.24) is 5.32 Å². The van der Waals surface area contributed by atoms with Crippen molar-refractivity contribution in [2.45, 2.75) is 32.8 Å². The highest BCUT2D eigenvalue weighted by atomic mass is 16.6. The Hall–Kier alpha value is -2.11. The van der Waals surface area contributed by atoms with Gasteiger partial charge < -0.3 is 25.8 Å². The lowest BCUT2D eigenvalue weighted by Gasteiger charge is -2.19. The van der Waals surface area contributed by atoms with E-state index in [0.29, 0.717) is 18.0 Å². The van der Waals surface area contributed by atoms with E-state index in [0.717, 1.165) is 18.7 Å². The zero-order chi connectivity index (χ0) is 15.9. The molecule has 6 nitrogen and oxygen atoms in total. The molecular weight excluding hydrogens is 270 g/mol. The number of amides is 1. The van der Waals surface area contributed by atoms with E-state index < -0.39 is 11.7 Å². The molecule has 0 unspecified atom stereocenters. The number of nitrogens with one attached hydrogen (secondary N) is 2. The summed E-state index contributed by atoms with van der Waals surface area (Å²) in [4.78, 5) is 11.4. The monoisotopic (exact) mass is 295 g/mol. The van der Waals surface area contributed by atoms with Gasteiger partial charge in [0.15, 0.2) is 0 Å². The summed E-state index contributed by atoms with van der Waals surface area (Å²) in [6.07, 6.45) is 0.392. The molecule has 0 atom stereocenters. The van der Waals surface area contributed by atoms with Crippen LogP contribution in [0.15, 0.2) is 18.2 Å². The molecule has 0 bridgehead atoms. The highest BCUT2D eigenvalue weighted by Crippen LogP contribution is 2.24. The number of hydrogen-bond donors (Lipinski definition) is 3. The molecule has 0 aromatic heterocycles. The molecule has 0 heterocycles. The Kier molecular flexibility index (Phi) is 6.14. The summed E-state index contributed by atoms with van der Waals surface area (Å²) in [5, 5.41) is 5.95. The van der Waals surface area contributed by atoms with Gasteiger partial charge in [0.1, 0.15) is 11.4 Å². The van der Waals surface area contributed by atoms with Crippen LogP contribution in [0.25, 0.3) is 0 Å². The van der Waals surface area contributed by atoms with Gasteiger partial charge in [0.05, 0.1) is 12.8 Å². The van der Waals surface area contributed by atoms with Crippen LogP contribution >= 0.6 is 0 Å². The van der Waals surface area contributed by atoms with Crippen LogP contribution in [0.5, 0.6) is 5.75 Å². The van der Waals surface area contributed by atoms with Crippen LogP contribution < -0.4 is 21.1 Å². The summed E-state index contributed by atoms with van der Waals surface area (Å²) in [5.41, 5.74) is 6.81. The van der Waals surface area contributed by atoms with E-state index >= 15 is 0 Å². The molecule has 4 N–H and O–H groups in total. The molecule has 0 radical (unpaired) electrons. The molecule has 6 heteroatoms. The van der Waals surface area contributed by atoms with Gasteiger partial charge in [0.25, 0.3) is 0 Å². The number of alkyl carbamates (subject to hydrolysis) is 1. The minimum Gasteiger partial charge on any atom is -0.495 e. The Morgan fingerprint density at radius 1 is 1.29 bits per heavy atom. The molecule has 1 amide bonds. The molecule has 1 aromatic carbocycles. The standard InChI is InChI=1S/C15H25N3O3/c1-15(2,3)21-14(19)18-9-5-8-17-11-6-7-12(16)13(10-11)20-4/h6-7,10,17H,5,8-9,16H2,1-4H3,(H,18,19). The summed E-state index contributed by atoms with van der Waals surface area (Å²) in [6.45, 7) is 6.78. The lowest BCUT2D eigenvalue weighted by atomic mass is 10.2. The molecule has 0 saturated carbocycles. The third-order valence-corrected chi connectivity index (χ3v) is 2.58. The van der Waals surface area contributed by atoms with E-state index in [4.69, 9.17) is 15.2 Å². The first-order chi connectivity index (χ1) is 9.81. The molecular formula is C15H25N3O3. The van der Waals surface area contributed by atoms with E-state index in [-0.39, 0.29) is 0 Å². The minimum atomic E-state index is -0.469. The van der Waals surface area contributed by atoms with Gasteiger partial charge in [-0.25, -0.2) is 4.79 Å². The zero-order valence-corrected chi connectivity index (χ0v) is 13.2. The Balaban J connectivity index is 2.24. The predicted molar refractivity (Wildman–Crippen MR) is 84.7 cm³/mol. The maximum Gasteiger partial charge on any atom is 0.407 e. The Morgan fingerprint density at radius 2 is 2.00 bits per heavy atom. The van der Waals surface area contributed by atoms with Gasteiger partial charge in [-0.1, -0.05) is 0 Å². The quantitative estimate of drug-likeness (QED) is 0.555. The van der Waals surface area contributed by atoms with Gasteiger partial charge in [-0.15, -0.1) is 0 Å². The molecule has 118 valence electrons. The number of hydrogen-bond acceptors (Lipinski definition) is 5. The van der Waals surface area contributed by atoms with Crippen molar-refractivity contribution in [2.24, 2.45) is 0 Å². The molecule has 21 heavy (non-hydrogen) atoms. The fourth-order valence-corrected chi connectivity index (χ4v) is 1.65. The van der Waals surface area contributed by atoms with Crippen molar-refractivity contribution in [3.63, 3.8) is 0 Å². The molecule has 1 aromatic rings. The number of benzene rings is 1. The van der Waals surface area contributed by atoms with Gasteiger partial charge in [0.2, 0.25) is 0 Å². The molecule has 0 fully saturated rings. The number of anilines is 2. The molecule has 0 saturated heterocycles. The number of nitrogen functional groups attached to an aromatic ring is 1. The Bertz CT molecular complexity index is 470. The van der Waals surface area contributed by atoms with Crippen LogP contribution in [0.3, 0.4) is 0 Å². The van der Waals surface area contributed by atoms with E-state index in [1.807, 2.05) is 32.9 Å². The number of methoxy groups -OCH3 is 1. The van der Waals surface area contributed by atoms with Gasteiger partial charge in [0, 0.05) is 24.8 Å². The average molecular weight is 295 g/mol. The number of nitrogens with two attached hydrogens (primary N) is 1. The number of carbonyl (C=O) groups excluding carboxylic acids is 1. The first-order valence-electron chi connectivity index (χ1n) is 6.96. The first kappa shape index (κ1) is 16.9. The maximum absolute atomic E-state index is 11.4. The van der Waals surface area contributed by atoms with Crippen molar-refractivity contribution in [1.29, 1.82) is 0 Å². The second kappa shape index (κ2) is 7.61. The van der Waals surface area contributed by atoms with E-state index in [2.05, 4.69) is 10.6 Å². The fraction of sp³-hybridized carbons (Fsp3) is 0.533. The van der Waals surface area contributed by atoms with Crippen LogP contribution in [0.4, 0.5) is 16.2 Å². The van der Waals surface area contributed by atoms with Crippen LogP contribution in [0, 0.1) is 0 Å². The van der Waals surface area contributed by atoms with Crippen LogP contribution in [-0.4, -0.2) is 31.9 Å². The minimum absolute atomic E-state index is 0.392. The van der Waals surface area contributed by atoms with Crippen LogP contribution in [-0.2, 0) is 4.74 Å². The topological polar surface area (TPSA) is 85.6 Å². The van der Waals surface area contributed by atoms with Gasteiger partial charge in [-0.2, -0.15) is 0 Å². The van der Waals surface area contributed by atoms with Gasteiger partial charge in [-0.3, -0.25) is 0 Å². The van der Waals surface area contributed by atoms with Crippen molar-refractivity contribution < 1.29 is 14.3 Å². The summed E-state index contributed by atoms with van der Waals surface area (Å²) < 4.78 is 10.3. The van der Waals surface area contributed by atoms with E-state index in [1.165, 1.54) is 0 Å². The normalized spacial score (nSPS) is 10.9. The molecule has 0 aliphatic rings. The van der Waals surface area contributed by atoms with Gasteiger partial charge in [-0.05, 0) is 39.3 Å². The van der Waals surface area contributed by atoms with Crippen molar-refractivity contribution >= 4 is 17.5 Å². The number of rotatable bonds is 6. The predicted octanol–water partition coefficient (Wildman–Crippen LogP) is 2.60. The van der Waals surface area contributed by atoms with E-state index in [1.54, 1.807) is 13.2 Å². The lowest BCUT2D eigenvalue weighted by molar-refractivity contribution is 0.0528. The highest BCUT2D eigenvalue weighted by molar-refractivity contribution is 5.67. The number of carbonyl (C=O) groups is 1. The second-order valence-electron chi connectivity index (χ2n) is 5.67. The van der Waals surface area contributed by atoms with E-state index in [9.17, 15) is 4.79 Å². The lowest BCUT2D eigenvalue weighted by Crippen LogP contribution is -2.33. The third kappa shape index (κ3) is 6.74. The average Bonchev–Trinajstić information content (AvgIpc) is 2.38. The highest BCUT2D eigenvalue weighted by Gasteiger charge is 2.15. The van der Waals surface area contributed by atoms with Crippen molar-refractivity contribution in [3.05, 3.63) is 18.2 Å². The van der Waals surface area contributed by atoms with Crippen LogP contribution in [0.2, 0.25) is 0 Å². The molecule has 0 aliphatic heterocycles. The largest absolute Gasteiger partial charge is 0.495 e. The summed E-state index contributed by atoms with van der Waals surface area (Å²) in [7, 11) is 1.58. The Labute approximate surface area is 126 Å². The van der Waals surface area contributed by atoms with Crippen molar-refractivity contribution in [3.8, 4) is 5.75 Å². The first-order valence-corrected chi connectivity index (χ1v) is 6.96.